The number of aryl methyl sites for hydroxylation is 3. The van der Waals surface area contributed by atoms with Crippen LogP contribution in [0.5, 0.6) is 5.75 Å². The van der Waals surface area contributed by atoms with Gasteiger partial charge in [-0.25, -0.2) is 14.5 Å². The summed E-state index contributed by atoms with van der Waals surface area (Å²) in [5.41, 5.74) is 2.81. The van der Waals surface area contributed by atoms with Crippen molar-refractivity contribution < 1.29 is 23.9 Å². The summed E-state index contributed by atoms with van der Waals surface area (Å²) in [6.07, 6.45) is 5.68. The number of rotatable bonds is 10. The van der Waals surface area contributed by atoms with E-state index < -0.39 is 12.1 Å². The van der Waals surface area contributed by atoms with Gasteiger partial charge in [0.25, 0.3) is 5.95 Å². The molecule has 2 unspecified atom stereocenters. The smallest absolute Gasteiger partial charge is 0.332 e. The highest BCUT2D eigenvalue weighted by Gasteiger charge is 2.29. The lowest BCUT2D eigenvalue weighted by Crippen LogP contribution is -2.37. The minimum atomic E-state index is -0.969. The third-order valence-electron chi connectivity index (χ3n) is 6.90. The van der Waals surface area contributed by atoms with Gasteiger partial charge in [0.05, 0.1) is 30.2 Å². The molecule has 12 nitrogen and oxygen atoms in total. The molecule has 12 heteroatoms. The van der Waals surface area contributed by atoms with Crippen LogP contribution in [0.2, 0.25) is 0 Å². The minimum Gasteiger partial charge on any atom is -0.488 e. The number of carboxylic acids is 1. The summed E-state index contributed by atoms with van der Waals surface area (Å²) in [5.74, 6) is 1.53. The summed E-state index contributed by atoms with van der Waals surface area (Å²) in [7, 11) is 1.82. The molecule has 2 aliphatic rings. The molecule has 0 aromatic carbocycles. The quantitative estimate of drug-likeness (QED) is 0.425. The van der Waals surface area contributed by atoms with Gasteiger partial charge in [-0.1, -0.05) is 24.5 Å². The number of pyridine rings is 1. The molecule has 3 aromatic heterocycles. The molecule has 192 valence electrons. The molecule has 0 amide bonds. The Labute approximate surface area is 208 Å². The van der Waals surface area contributed by atoms with Gasteiger partial charge in [0, 0.05) is 26.3 Å². The van der Waals surface area contributed by atoms with E-state index in [1.165, 1.54) is 19.3 Å². The highest BCUT2D eigenvalue weighted by atomic mass is 16.5. The van der Waals surface area contributed by atoms with Gasteiger partial charge in [-0.15, -0.1) is 5.10 Å². The first-order valence-electron chi connectivity index (χ1n) is 12.4. The molecule has 0 spiro atoms. The Morgan fingerprint density at radius 2 is 2.14 bits per heavy atom. The van der Waals surface area contributed by atoms with E-state index in [1.54, 1.807) is 4.68 Å². The Morgan fingerprint density at radius 1 is 1.28 bits per heavy atom. The zero-order valence-electron chi connectivity index (χ0n) is 20.5. The van der Waals surface area contributed by atoms with Crippen molar-refractivity contribution in [2.75, 3.05) is 11.9 Å². The molecule has 1 saturated carbocycles. The second-order valence-corrected chi connectivity index (χ2v) is 9.45. The third-order valence-corrected chi connectivity index (χ3v) is 6.90. The zero-order chi connectivity index (χ0) is 25.1. The van der Waals surface area contributed by atoms with Gasteiger partial charge >= 0.3 is 5.97 Å². The summed E-state index contributed by atoms with van der Waals surface area (Å²) >= 11 is 0. The van der Waals surface area contributed by atoms with Gasteiger partial charge in [-0.2, -0.15) is 4.98 Å². The highest BCUT2D eigenvalue weighted by molar-refractivity contribution is 5.72. The lowest BCUT2D eigenvalue weighted by Gasteiger charge is -2.28. The molecule has 3 aromatic rings. The van der Waals surface area contributed by atoms with E-state index in [4.69, 9.17) is 14.0 Å². The number of nitrogens with zero attached hydrogens (tertiary/aromatic N) is 6. The Kier molecular flexibility index (Phi) is 7.12. The minimum absolute atomic E-state index is 0.240. The normalized spacial score (nSPS) is 20.2. The standard InChI is InChI=1S/C24H31N7O5/c1-14-19(35-16-10-11-34-20(12-16)23(32)33)8-7-17(26-14)22-18(31(2)30-28-22)13-25-24-27-21(36-29-24)9-6-15-4-3-5-15/h7-8,15-16,20H,3-6,9-13H2,1-2H3,(H,25,29)(H,32,33). The first-order valence-corrected chi connectivity index (χ1v) is 12.4. The number of aromatic nitrogens is 6. The predicted molar refractivity (Wildman–Crippen MR) is 127 cm³/mol. The fraction of sp³-hybridized carbons (Fsp3) is 0.583. The van der Waals surface area contributed by atoms with E-state index in [0.29, 0.717) is 60.7 Å². The monoisotopic (exact) mass is 497 g/mol. The largest absolute Gasteiger partial charge is 0.488 e. The highest BCUT2D eigenvalue weighted by Crippen LogP contribution is 2.30. The molecular formula is C24H31N7O5. The summed E-state index contributed by atoms with van der Waals surface area (Å²) in [5, 5.41) is 24.9. The SMILES string of the molecule is Cc1nc(-c2nnn(C)c2CNc2noc(CCC3CCC3)n2)ccc1OC1CCOC(C(=O)O)C1. The zero-order valence-corrected chi connectivity index (χ0v) is 20.5. The molecule has 1 saturated heterocycles. The molecule has 2 fully saturated rings. The number of ether oxygens (including phenoxy) is 2. The van der Waals surface area contributed by atoms with Gasteiger partial charge in [0.2, 0.25) is 5.89 Å². The molecule has 0 radical (unpaired) electrons. The number of hydrogen-bond donors (Lipinski definition) is 2. The van der Waals surface area contributed by atoms with E-state index in [-0.39, 0.29) is 6.10 Å². The van der Waals surface area contributed by atoms with Crippen LogP contribution in [-0.2, 0) is 29.5 Å². The Hall–Kier alpha value is -3.54. The number of nitrogens with one attached hydrogen (secondary N) is 1. The van der Waals surface area contributed by atoms with Crippen molar-refractivity contribution in [3.05, 3.63) is 29.4 Å². The van der Waals surface area contributed by atoms with Crippen LogP contribution in [0.1, 0.15) is 55.8 Å². The molecule has 2 N–H and O–H groups in total. The number of hydrogen-bond acceptors (Lipinski definition) is 10. The summed E-state index contributed by atoms with van der Waals surface area (Å²) in [4.78, 5) is 20.4. The van der Waals surface area contributed by atoms with Crippen LogP contribution in [0.15, 0.2) is 16.7 Å². The van der Waals surface area contributed by atoms with Crippen molar-refractivity contribution >= 4 is 11.9 Å². The summed E-state index contributed by atoms with van der Waals surface area (Å²) in [6, 6.07) is 3.67. The average Bonchev–Trinajstić information content (AvgIpc) is 3.44. The first kappa shape index (κ1) is 24.2. The average molecular weight is 498 g/mol. The fourth-order valence-corrected chi connectivity index (χ4v) is 4.50. The fourth-order valence-electron chi connectivity index (χ4n) is 4.50. The maximum atomic E-state index is 11.2. The van der Waals surface area contributed by atoms with E-state index in [2.05, 4.69) is 30.8 Å². The van der Waals surface area contributed by atoms with Gasteiger partial charge < -0.3 is 24.4 Å². The lowest BCUT2D eigenvalue weighted by molar-refractivity contribution is -0.156. The van der Waals surface area contributed by atoms with Crippen LogP contribution in [-0.4, -0.2) is 60.0 Å². The molecular weight excluding hydrogens is 466 g/mol. The van der Waals surface area contributed by atoms with Crippen molar-refractivity contribution in [3.63, 3.8) is 0 Å². The van der Waals surface area contributed by atoms with Crippen LogP contribution in [0.4, 0.5) is 5.95 Å². The number of aliphatic carboxylic acids is 1. The Morgan fingerprint density at radius 3 is 2.89 bits per heavy atom. The lowest BCUT2D eigenvalue weighted by atomic mass is 9.82. The molecule has 0 bridgehead atoms. The molecule has 1 aliphatic heterocycles. The maximum Gasteiger partial charge on any atom is 0.332 e. The third kappa shape index (κ3) is 5.48. The molecule has 36 heavy (non-hydrogen) atoms. The van der Waals surface area contributed by atoms with Crippen molar-refractivity contribution in [2.24, 2.45) is 13.0 Å². The second kappa shape index (κ2) is 10.6. The van der Waals surface area contributed by atoms with E-state index >= 15 is 0 Å². The summed E-state index contributed by atoms with van der Waals surface area (Å²) < 4.78 is 18.4. The second-order valence-electron chi connectivity index (χ2n) is 9.45. The van der Waals surface area contributed by atoms with Crippen LogP contribution < -0.4 is 10.1 Å². The van der Waals surface area contributed by atoms with Crippen LogP contribution in [0.3, 0.4) is 0 Å². The predicted octanol–water partition coefficient (Wildman–Crippen LogP) is 2.92. The Balaban J connectivity index is 1.22. The van der Waals surface area contributed by atoms with E-state index in [9.17, 15) is 9.90 Å². The molecule has 2 atom stereocenters. The maximum absolute atomic E-state index is 11.2. The number of anilines is 1. The van der Waals surface area contributed by atoms with Crippen molar-refractivity contribution in [3.8, 4) is 17.1 Å². The number of carboxylic acid groups (broad SMARTS) is 1. The van der Waals surface area contributed by atoms with Crippen LogP contribution in [0, 0.1) is 12.8 Å². The van der Waals surface area contributed by atoms with Gasteiger partial charge in [0.1, 0.15) is 17.5 Å². The molecule has 4 heterocycles. The van der Waals surface area contributed by atoms with Crippen LogP contribution >= 0.6 is 0 Å². The van der Waals surface area contributed by atoms with E-state index in [1.807, 2.05) is 26.1 Å². The van der Waals surface area contributed by atoms with Crippen molar-refractivity contribution in [2.45, 2.75) is 70.6 Å². The van der Waals surface area contributed by atoms with Gasteiger partial charge in [-0.05, 0) is 36.6 Å². The van der Waals surface area contributed by atoms with Crippen molar-refractivity contribution in [1.29, 1.82) is 0 Å². The van der Waals surface area contributed by atoms with Crippen LogP contribution in [0.25, 0.3) is 11.4 Å². The van der Waals surface area contributed by atoms with Gasteiger partial charge in [0.15, 0.2) is 6.10 Å². The first-order chi connectivity index (χ1) is 17.5. The Bertz CT molecular complexity index is 1210. The topological polar surface area (TPSA) is 150 Å². The molecule has 1 aliphatic carbocycles. The molecule has 5 rings (SSSR count). The number of carbonyl (C=O) groups is 1. The van der Waals surface area contributed by atoms with E-state index in [0.717, 1.165) is 24.5 Å². The van der Waals surface area contributed by atoms with Crippen molar-refractivity contribution in [1.82, 2.24) is 30.1 Å². The summed E-state index contributed by atoms with van der Waals surface area (Å²) in [6.45, 7) is 2.61. The van der Waals surface area contributed by atoms with Gasteiger partial charge in [-0.3, -0.25) is 0 Å².